The SMILES string of the molecule is CCCc1cc(C)cc(C)c1CC(=O)O. The van der Waals surface area contributed by atoms with Gasteiger partial charge in [-0.1, -0.05) is 31.0 Å². The monoisotopic (exact) mass is 206 g/mol. The molecule has 0 aliphatic carbocycles. The van der Waals surface area contributed by atoms with E-state index in [-0.39, 0.29) is 6.42 Å². The highest BCUT2D eigenvalue weighted by Gasteiger charge is 2.09. The molecule has 0 unspecified atom stereocenters. The largest absolute Gasteiger partial charge is 0.481 e. The molecule has 0 atom stereocenters. The second-order valence-corrected chi connectivity index (χ2v) is 4.04. The normalized spacial score (nSPS) is 10.3. The van der Waals surface area contributed by atoms with Crippen LogP contribution < -0.4 is 0 Å². The molecule has 0 amide bonds. The first-order valence-electron chi connectivity index (χ1n) is 5.35. The lowest BCUT2D eigenvalue weighted by Crippen LogP contribution is -2.06. The van der Waals surface area contributed by atoms with Crippen molar-refractivity contribution in [3.8, 4) is 0 Å². The van der Waals surface area contributed by atoms with Crippen molar-refractivity contribution in [2.75, 3.05) is 0 Å². The Balaban J connectivity index is 3.14. The van der Waals surface area contributed by atoms with Gasteiger partial charge in [-0.05, 0) is 37.0 Å². The van der Waals surface area contributed by atoms with Crippen LogP contribution in [0.1, 0.15) is 35.6 Å². The Hall–Kier alpha value is -1.31. The van der Waals surface area contributed by atoms with Crippen LogP contribution in [0.4, 0.5) is 0 Å². The molecule has 0 saturated carbocycles. The zero-order chi connectivity index (χ0) is 11.4. The molecule has 0 bridgehead atoms. The molecule has 0 aromatic heterocycles. The first kappa shape index (κ1) is 11.8. The van der Waals surface area contributed by atoms with Gasteiger partial charge < -0.3 is 5.11 Å². The Bertz CT molecular complexity index is 367. The van der Waals surface area contributed by atoms with E-state index in [2.05, 4.69) is 26.0 Å². The van der Waals surface area contributed by atoms with Crippen molar-refractivity contribution in [1.82, 2.24) is 0 Å². The van der Waals surface area contributed by atoms with Gasteiger partial charge in [-0.2, -0.15) is 0 Å². The lowest BCUT2D eigenvalue weighted by Gasteiger charge is -2.11. The van der Waals surface area contributed by atoms with Gasteiger partial charge in [-0.3, -0.25) is 4.79 Å². The lowest BCUT2D eigenvalue weighted by atomic mass is 9.94. The molecule has 1 aromatic carbocycles. The number of hydrogen-bond acceptors (Lipinski definition) is 1. The third kappa shape index (κ3) is 3.08. The summed E-state index contributed by atoms with van der Waals surface area (Å²) >= 11 is 0. The molecule has 2 nitrogen and oxygen atoms in total. The van der Waals surface area contributed by atoms with Crippen LogP contribution in [-0.2, 0) is 17.6 Å². The van der Waals surface area contributed by atoms with E-state index >= 15 is 0 Å². The van der Waals surface area contributed by atoms with Gasteiger partial charge in [0, 0.05) is 0 Å². The number of aliphatic carboxylic acids is 1. The van der Waals surface area contributed by atoms with Gasteiger partial charge in [0.1, 0.15) is 0 Å². The molecule has 0 heterocycles. The highest BCUT2D eigenvalue weighted by Crippen LogP contribution is 2.19. The summed E-state index contributed by atoms with van der Waals surface area (Å²) in [6.45, 7) is 6.16. The Morgan fingerprint density at radius 3 is 2.53 bits per heavy atom. The third-order valence-electron chi connectivity index (χ3n) is 2.56. The topological polar surface area (TPSA) is 37.3 Å². The summed E-state index contributed by atoms with van der Waals surface area (Å²) < 4.78 is 0. The fraction of sp³-hybridized carbons (Fsp3) is 0.462. The standard InChI is InChI=1S/C13H18O2/c1-4-5-11-7-9(2)6-10(3)12(11)8-13(14)15/h6-7H,4-5,8H2,1-3H3,(H,14,15). The molecular weight excluding hydrogens is 188 g/mol. The summed E-state index contributed by atoms with van der Waals surface area (Å²) in [6, 6.07) is 4.16. The van der Waals surface area contributed by atoms with Crippen molar-refractivity contribution >= 4 is 5.97 Å². The van der Waals surface area contributed by atoms with E-state index in [1.165, 1.54) is 11.1 Å². The number of benzene rings is 1. The van der Waals surface area contributed by atoms with E-state index < -0.39 is 5.97 Å². The number of rotatable bonds is 4. The predicted molar refractivity (Wildman–Crippen MR) is 61.3 cm³/mol. The summed E-state index contributed by atoms with van der Waals surface area (Å²) in [6.07, 6.45) is 2.15. The first-order chi connectivity index (χ1) is 7.04. The fourth-order valence-corrected chi connectivity index (χ4v) is 1.98. The summed E-state index contributed by atoms with van der Waals surface area (Å²) in [5, 5.41) is 8.85. The van der Waals surface area contributed by atoms with E-state index in [4.69, 9.17) is 5.11 Å². The molecule has 15 heavy (non-hydrogen) atoms. The highest BCUT2D eigenvalue weighted by molar-refractivity contribution is 5.71. The van der Waals surface area contributed by atoms with Crippen LogP contribution >= 0.6 is 0 Å². The smallest absolute Gasteiger partial charge is 0.307 e. The van der Waals surface area contributed by atoms with Crippen LogP contribution in [0.2, 0.25) is 0 Å². The van der Waals surface area contributed by atoms with Crippen molar-refractivity contribution < 1.29 is 9.90 Å². The zero-order valence-electron chi connectivity index (χ0n) is 9.63. The maximum absolute atomic E-state index is 10.8. The van der Waals surface area contributed by atoms with Gasteiger partial charge in [-0.15, -0.1) is 0 Å². The number of carboxylic acid groups (broad SMARTS) is 1. The molecule has 2 heteroatoms. The van der Waals surface area contributed by atoms with Crippen molar-refractivity contribution in [3.63, 3.8) is 0 Å². The molecule has 1 N–H and O–H groups in total. The Morgan fingerprint density at radius 2 is 2.00 bits per heavy atom. The number of carboxylic acids is 1. The van der Waals surface area contributed by atoms with Gasteiger partial charge in [-0.25, -0.2) is 0 Å². The second-order valence-electron chi connectivity index (χ2n) is 4.04. The Morgan fingerprint density at radius 1 is 1.33 bits per heavy atom. The lowest BCUT2D eigenvalue weighted by molar-refractivity contribution is -0.136. The van der Waals surface area contributed by atoms with Crippen molar-refractivity contribution in [2.45, 2.75) is 40.0 Å². The Kier molecular flexibility index (Phi) is 3.89. The molecule has 0 radical (unpaired) electrons. The number of carbonyl (C=O) groups is 1. The van der Waals surface area contributed by atoms with E-state index in [0.717, 1.165) is 24.0 Å². The van der Waals surface area contributed by atoms with Crippen molar-refractivity contribution in [3.05, 3.63) is 34.4 Å². The van der Waals surface area contributed by atoms with Gasteiger partial charge in [0.05, 0.1) is 6.42 Å². The van der Waals surface area contributed by atoms with Crippen LogP contribution in [0, 0.1) is 13.8 Å². The molecule has 0 saturated heterocycles. The molecule has 0 fully saturated rings. The average molecular weight is 206 g/mol. The minimum absolute atomic E-state index is 0.140. The van der Waals surface area contributed by atoms with Crippen LogP contribution in [0.5, 0.6) is 0 Å². The quantitative estimate of drug-likeness (QED) is 0.822. The van der Waals surface area contributed by atoms with Crippen molar-refractivity contribution in [1.29, 1.82) is 0 Å². The second kappa shape index (κ2) is 4.96. The Labute approximate surface area is 90.9 Å². The summed E-state index contributed by atoms with van der Waals surface area (Å²) in [4.78, 5) is 10.8. The molecule has 1 rings (SSSR count). The van der Waals surface area contributed by atoms with Crippen LogP contribution in [0.3, 0.4) is 0 Å². The third-order valence-corrected chi connectivity index (χ3v) is 2.56. The minimum Gasteiger partial charge on any atom is -0.481 e. The van der Waals surface area contributed by atoms with Gasteiger partial charge in [0.2, 0.25) is 0 Å². The summed E-state index contributed by atoms with van der Waals surface area (Å²) in [7, 11) is 0. The summed E-state index contributed by atoms with van der Waals surface area (Å²) in [5.41, 5.74) is 4.50. The minimum atomic E-state index is -0.751. The molecular formula is C13H18O2. The first-order valence-corrected chi connectivity index (χ1v) is 5.35. The molecule has 1 aromatic rings. The maximum atomic E-state index is 10.8. The van der Waals surface area contributed by atoms with Gasteiger partial charge in [0.25, 0.3) is 0 Å². The number of aryl methyl sites for hydroxylation is 3. The zero-order valence-corrected chi connectivity index (χ0v) is 9.63. The molecule has 0 aliphatic rings. The molecule has 0 spiro atoms. The summed E-state index contributed by atoms with van der Waals surface area (Å²) in [5.74, 6) is -0.751. The maximum Gasteiger partial charge on any atom is 0.307 e. The van der Waals surface area contributed by atoms with E-state index in [1.807, 2.05) is 6.92 Å². The van der Waals surface area contributed by atoms with Crippen LogP contribution in [-0.4, -0.2) is 11.1 Å². The number of hydrogen-bond donors (Lipinski definition) is 1. The highest BCUT2D eigenvalue weighted by atomic mass is 16.4. The van der Waals surface area contributed by atoms with E-state index in [1.54, 1.807) is 0 Å². The van der Waals surface area contributed by atoms with E-state index in [0.29, 0.717) is 0 Å². The van der Waals surface area contributed by atoms with Crippen LogP contribution in [0.25, 0.3) is 0 Å². The average Bonchev–Trinajstić information content (AvgIpc) is 2.11. The van der Waals surface area contributed by atoms with E-state index in [9.17, 15) is 4.79 Å². The predicted octanol–water partition coefficient (Wildman–Crippen LogP) is 2.88. The van der Waals surface area contributed by atoms with Crippen LogP contribution in [0.15, 0.2) is 12.1 Å². The van der Waals surface area contributed by atoms with Gasteiger partial charge in [0.15, 0.2) is 0 Å². The van der Waals surface area contributed by atoms with Crippen molar-refractivity contribution in [2.24, 2.45) is 0 Å². The molecule has 0 aliphatic heterocycles. The molecule has 82 valence electrons. The van der Waals surface area contributed by atoms with Gasteiger partial charge >= 0.3 is 5.97 Å². The fourth-order valence-electron chi connectivity index (χ4n) is 1.98.